The number of ether oxygens (including phenoxy) is 2. The predicted octanol–water partition coefficient (Wildman–Crippen LogP) is 14.5. The van der Waals surface area contributed by atoms with Gasteiger partial charge in [-0.1, -0.05) is 192 Å². The molecule has 0 aliphatic rings. The SMILES string of the molecule is CCCCC/C=C\C/C=C\C/C=C\CCCCC(=O)O[C@H](COC(=O)CCCCCCCCCCCCCCCCCCCCCCC)COP(=O)(O)OCC[N+](C)(C)C. The number of nitrogens with zero attached hydrogens (tertiary/aromatic N) is 1. The second-order valence-electron chi connectivity index (χ2n) is 17.9. The molecule has 2 atom stereocenters. The van der Waals surface area contributed by atoms with Crippen molar-refractivity contribution in [2.75, 3.05) is 47.5 Å². The van der Waals surface area contributed by atoms with E-state index in [9.17, 15) is 19.0 Å². The summed E-state index contributed by atoms with van der Waals surface area (Å²) in [6.07, 6.45) is 49.2. The van der Waals surface area contributed by atoms with Crippen molar-refractivity contribution in [1.29, 1.82) is 0 Å². The minimum Gasteiger partial charge on any atom is -0.462 e. The van der Waals surface area contributed by atoms with E-state index < -0.39 is 26.5 Å². The Morgan fingerprint density at radius 2 is 0.900 bits per heavy atom. The third kappa shape index (κ3) is 45.7. The zero-order chi connectivity index (χ0) is 44.3. The van der Waals surface area contributed by atoms with Gasteiger partial charge in [0.05, 0.1) is 27.7 Å². The van der Waals surface area contributed by atoms with E-state index in [1.807, 2.05) is 21.1 Å². The van der Waals surface area contributed by atoms with Crippen molar-refractivity contribution in [3.8, 4) is 0 Å². The molecule has 0 aliphatic heterocycles. The number of allylic oxidation sites excluding steroid dienone is 6. The van der Waals surface area contributed by atoms with Crippen LogP contribution in [0.3, 0.4) is 0 Å². The molecule has 0 aromatic carbocycles. The lowest BCUT2D eigenvalue weighted by atomic mass is 10.0. The number of hydrogen-bond acceptors (Lipinski definition) is 7. The van der Waals surface area contributed by atoms with Crippen LogP contribution >= 0.6 is 7.82 Å². The Labute approximate surface area is 370 Å². The minimum atomic E-state index is -4.39. The van der Waals surface area contributed by atoms with Gasteiger partial charge in [-0.05, 0) is 51.4 Å². The molecule has 0 heterocycles. The van der Waals surface area contributed by atoms with Gasteiger partial charge < -0.3 is 18.9 Å². The van der Waals surface area contributed by atoms with E-state index in [0.717, 1.165) is 51.4 Å². The van der Waals surface area contributed by atoms with Crippen LogP contribution in [0.25, 0.3) is 0 Å². The van der Waals surface area contributed by atoms with E-state index in [4.69, 9.17) is 18.5 Å². The number of rotatable bonds is 45. The van der Waals surface area contributed by atoms with Gasteiger partial charge in [0.2, 0.25) is 0 Å². The van der Waals surface area contributed by atoms with Crippen molar-refractivity contribution in [3.63, 3.8) is 0 Å². The number of likely N-dealkylation sites (N-methyl/N-ethyl adjacent to an activating group) is 1. The molecule has 0 bridgehead atoms. The average molecular weight is 869 g/mol. The first kappa shape index (κ1) is 58.2. The van der Waals surface area contributed by atoms with Gasteiger partial charge in [0.25, 0.3) is 0 Å². The smallest absolute Gasteiger partial charge is 0.462 e. The summed E-state index contributed by atoms with van der Waals surface area (Å²) in [7, 11) is 1.46. The van der Waals surface area contributed by atoms with Crippen molar-refractivity contribution in [3.05, 3.63) is 36.5 Å². The van der Waals surface area contributed by atoms with Gasteiger partial charge in [0.1, 0.15) is 19.8 Å². The lowest BCUT2D eigenvalue weighted by Gasteiger charge is -2.24. The molecule has 0 radical (unpaired) electrons. The van der Waals surface area contributed by atoms with Crippen LogP contribution in [0.15, 0.2) is 36.5 Å². The summed E-state index contributed by atoms with van der Waals surface area (Å²) in [5.41, 5.74) is 0. The number of hydrogen-bond donors (Lipinski definition) is 1. The van der Waals surface area contributed by atoms with Crippen molar-refractivity contribution in [2.45, 2.75) is 225 Å². The van der Waals surface area contributed by atoms with Crippen LogP contribution in [0, 0.1) is 0 Å². The highest BCUT2D eigenvalue weighted by Gasteiger charge is 2.27. The second kappa shape index (κ2) is 42.5. The van der Waals surface area contributed by atoms with Crippen molar-refractivity contribution < 1.29 is 42.1 Å². The Bertz CT molecular complexity index is 1120. The molecule has 0 rings (SSSR count). The van der Waals surface area contributed by atoms with E-state index in [0.29, 0.717) is 17.4 Å². The average Bonchev–Trinajstić information content (AvgIpc) is 3.20. The van der Waals surface area contributed by atoms with Crippen LogP contribution in [0.2, 0.25) is 0 Å². The second-order valence-corrected chi connectivity index (χ2v) is 19.3. The summed E-state index contributed by atoms with van der Waals surface area (Å²) < 4.78 is 34.4. The van der Waals surface area contributed by atoms with Gasteiger partial charge in [-0.15, -0.1) is 0 Å². The number of esters is 2. The number of carbonyl (C=O) groups is 2. The summed E-state index contributed by atoms with van der Waals surface area (Å²) >= 11 is 0. The first-order valence-electron chi connectivity index (χ1n) is 24.7. The maximum atomic E-state index is 12.7. The summed E-state index contributed by atoms with van der Waals surface area (Å²) in [6.45, 7) is 4.38. The van der Waals surface area contributed by atoms with E-state index in [-0.39, 0.29) is 32.0 Å². The van der Waals surface area contributed by atoms with Crippen LogP contribution in [0.1, 0.15) is 219 Å². The maximum Gasteiger partial charge on any atom is 0.472 e. The molecule has 9 nitrogen and oxygen atoms in total. The molecule has 0 saturated carbocycles. The molecule has 0 amide bonds. The standard InChI is InChI=1S/C50H94NO8P/c1-6-8-10-12-14-16-18-20-22-23-24-25-26-27-29-30-32-34-36-38-40-42-49(52)56-46-48(47-58-60(54,55)57-45-44-51(3,4)5)59-50(53)43-41-39-37-35-33-31-28-21-19-17-15-13-11-9-7-2/h15,17,21,28,33,35,48H,6-14,16,18-20,22-27,29-32,34,36-47H2,1-5H3/p+1/b17-15-,28-21-,35-33-/t48-/m1/s1. The maximum absolute atomic E-state index is 12.7. The zero-order valence-electron chi connectivity index (χ0n) is 39.7. The Kier molecular flexibility index (Phi) is 41.3. The molecule has 0 aromatic heterocycles. The van der Waals surface area contributed by atoms with Gasteiger partial charge in [-0.3, -0.25) is 18.6 Å². The number of phosphoric ester groups is 1. The predicted molar refractivity (Wildman–Crippen MR) is 252 cm³/mol. The summed E-state index contributed by atoms with van der Waals surface area (Å²) in [5, 5.41) is 0. The van der Waals surface area contributed by atoms with Gasteiger partial charge in [0.15, 0.2) is 6.10 Å². The molecule has 1 unspecified atom stereocenters. The van der Waals surface area contributed by atoms with E-state index in [1.165, 1.54) is 135 Å². The third-order valence-electron chi connectivity index (χ3n) is 10.7. The fourth-order valence-corrected chi connectivity index (χ4v) is 7.53. The lowest BCUT2D eigenvalue weighted by molar-refractivity contribution is -0.870. The van der Waals surface area contributed by atoms with Crippen LogP contribution in [0.4, 0.5) is 0 Å². The molecule has 0 aromatic rings. The zero-order valence-corrected chi connectivity index (χ0v) is 40.6. The molecule has 0 spiro atoms. The van der Waals surface area contributed by atoms with Crippen LogP contribution in [-0.2, 0) is 32.7 Å². The van der Waals surface area contributed by atoms with Gasteiger partial charge in [-0.25, -0.2) is 4.57 Å². The highest BCUT2D eigenvalue weighted by Crippen LogP contribution is 2.43. The van der Waals surface area contributed by atoms with Crippen LogP contribution in [-0.4, -0.2) is 74.9 Å². The van der Waals surface area contributed by atoms with Gasteiger partial charge in [-0.2, -0.15) is 0 Å². The number of unbranched alkanes of at least 4 members (excludes halogenated alkanes) is 25. The van der Waals surface area contributed by atoms with E-state index in [1.54, 1.807) is 0 Å². The third-order valence-corrected chi connectivity index (χ3v) is 11.7. The largest absolute Gasteiger partial charge is 0.472 e. The Balaban J connectivity index is 4.27. The normalized spacial score (nSPS) is 13.8. The van der Waals surface area contributed by atoms with E-state index >= 15 is 0 Å². The molecule has 0 saturated heterocycles. The molecule has 352 valence electrons. The molecular formula is C50H95NO8P+. The van der Waals surface area contributed by atoms with Gasteiger partial charge >= 0.3 is 19.8 Å². The highest BCUT2D eigenvalue weighted by molar-refractivity contribution is 7.47. The number of carbonyl (C=O) groups excluding carboxylic acids is 2. The molecule has 60 heavy (non-hydrogen) atoms. The van der Waals surface area contributed by atoms with Crippen molar-refractivity contribution in [1.82, 2.24) is 0 Å². The molecule has 10 heteroatoms. The quantitative estimate of drug-likeness (QED) is 0.0212. The Morgan fingerprint density at radius 3 is 1.37 bits per heavy atom. The molecule has 0 fully saturated rings. The molecular weight excluding hydrogens is 774 g/mol. The first-order valence-corrected chi connectivity index (χ1v) is 26.2. The fraction of sp³-hybridized carbons (Fsp3) is 0.840. The van der Waals surface area contributed by atoms with Crippen LogP contribution < -0.4 is 0 Å². The number of phosphoric acid groups is 1. The fourth-order valence-electron chi connectivity index (χ4n) is 6.79. The first-order chi connectivity index (χ1) is 29.0. The lowest BCUT2D eigenvalue weighted by Crippen LogP contribution is -2.37. The summed E-state index contributed by atoms with van der Waals surface area (Å²) in [6, 6.07) is 0. The summed E-state index contributed by atoms with van der Waals surface area (Å²) in [5.74, 6) is -0.835. The Morgan fingerprint density at radius 1 is 0.517 bits per heavy atom. The molecule has 1 N–H and O–H groups in total. The van der Waals surface area contributed by atoms with Crippen LogP contribution in [0.5, 0.6) is 0 Å². The minimum absolute atomic E-state index is 0.0253. The topological polar surface area (TPSA) is 108 Å². The number of quaternary nitrogens is 1. The van der Waals surface area contributed by atoms with Gasteiger partial charge in [0, 0.05) is 12.8 Å². The monoisotopic (exact) mass is 869 g/mol. The Hall–Kier alpha value is -1.77. The van der Waals surface area contributed by atoms with Crippen molar-refractivity contribution in [2.24, 2.45) is 0 Å². The van der Waals surface area contributed by atoms with E-state index in [2.05, 4.69) is 50.3 Å². The highest BCUT2D eigenvalue weighted by atomic mass is 31.2. The van der Waals surface area contributed by atoms with Crippen molar-refractivity contribution >= 4 is 19.8 Å². The summed E-state index contributed by atoms with van der Waals surface area (Å²) in [4.78, 5) is 35.5. The molecule has 0 aliphatic carbocycles.